The molecule has 1 unspecified atom stereocenters. The van der Waals surface area contributed by atoms with Gasteiger partial charge in [-0.2, -0.15) is 13.2 Å². The van der Waals surface area contributed by atoms with Crippen molar-refractivity contribution >= 4 is 17.5 Å². The summed E-state index contributed by atoms with van der Waals surface area (Å²) in [5.41, 5.74) is -1.72. The van der Waals surface area contributed by atoms with E-state index in [9.17, 15) is 23.1 Å². The van der Waals surface area contributed by atoms with E-state index in [4.69, 9.17) is 11.6 Å². The van der Waals surface area contributed by atoms with Gasteiger partial charge < -0.3 is 10.0 Å². The Morgan fingerprint density at radius 1 is 1.35 bits per heavy atom. The molecule has 23 heavy (non-hydrogen) atoms. The van der Waals surface area contributed by atoms with Gasteiger partial charge in [-0.3, -0.25) is 4.79 Å². The fourth-order valence-electron chi connectivity index (χ4n) is 3.17. The highest BCUT2D eigenvalue weighted by Crippen LogP contribution is 2.45. The number of amides is 1. The molecule has 0 aromatic heterocycles. The lowest BCUT2D eigenvalue weighted by Crippen LogP contribution is -2.44. The Morgan fingerprint density at radius 3 is 2.65 bits per heavy atom. The van der Waals surface area contributed by atoms with Crippen LogP contribution in [0.15, 0.2) is 18.2 Å². The molecular weight excluding hydrogens is 331 g/mol. The largest absolute Gasteiger partial charge is 0.416 e. The van der Waals surface area contributed by atoms with Crippen LogP contribution in [-0.4, -0.2) is 34.6 Å². The lowest BCUT2D eigenvalue weighted by molar-refractivity contribution is -0.137. The number of hydrogen-bond acceptors (Lipinski definition) is 2. The molecule has 0 bridgehead atoms. The first-order chi connectivity index (χ1) is 10.7. The molecule has 3 rings (SSSR count). The number of nitrogens with zero attached hydrogens (tertiary/aromatic N) is 1. The molecule has 1 saturated heterocycles. The standard InChI is InChI=1S/C16H17ClF3NO2/c17-13-4-3-10(16(18,19)20)8-12(13)14(22)21-7-1-2-11(9-21)15(23)5-6-15/h3-4,8,11,23H,1-2,5-7,9H2. The molecule has 0 spiro atoms. The monoisotopic (exact) mass is 347 g/mol. The van der Waals surface area contributed by atoms with Crippen molar-refractivity contribution in [3.05, 3.63) is 34.3 Å². The van der Waals surface area contributed by atoms with Gasteiger partial charge in [-0.05, 0) is 43.9 Å². The van der Waals surface area contributed by atoms with E-state index in [0.29, 0.717) is 13.1 Å². The maximum atomic E-state index is 12.8. The topological polar surface area (TPSA) is 40.5 Å². The third-order valence-electron chi connectivity index (χ3n) is 4.75. The van der Waals surface area contributed by atoms with E-state index >= 15 is 0 Å². The van der Waals surface area contributed by atoms with E-state index in [0.717, 1.165) is 43.9 Å². The zero-order valence-corrected chi connectivity index (χ0v) is 13.1. The quantitative estimate of drug-likeness (QED) is 0.885. The van der Waals surface area contributed by atoms with Crippen molar-refractivity contribution in [1.29, 1.82) is 0 Å². The minimum atomic E-state index is -4.52. The second-order valence-corrected chi connectivity index (χ2v) is 6.79. The second-order valence-electron chi connectivity index (χ2n) is 6.39. The van der Waals surface area contributed by atoms with E-state index in [1.807, 2.05) is 0 Å². The number of carbonyl (C=O) groups excluding carboxylic acids is 1. The number of likely N-dealkylation sites (tertiary alicyclic amines) is 1. The zero-order valence-electron chi connectivity index (χ0n) is 12.4. The zero-order chi connectivity index (χ0) is 16.8. The number of halogens is 4. The third-order valence-corrected chi connectivity index (χ3v) is 5.08. The summed E-state index contributed by atoms with van der Waals surface area (Å²) in [5, 5.41) is 10.2. The van der Waals surface area contributed by atoms with Crippen LogP contribution in [0.4, 0.5) is 13.2 Å². The van der Waals surface area contributed by atoms with Crippen molar-refractivity contribution in [3.63, 3.8) is 0 Å². The minimum absolute atomic E-state index is 0.00947. The number of piperidine rings is 1. The summed E-state index contributed by atoms with van der Waals surface area (Å²) < 4.78 is 38.5. The molecule has 2 fully saturated rings. The molecule has 1 aromatic carbocycles. The van der Waals surface area contributed by atoms with Gasteiger partial charge >= 0.3 is 6.18 Å². The number of alkyl halides is 3. The van der Waals surface area contributed by atoms with E-state index in [-0.39, 0.29) is 16.5 Å². The van der Waals surface area contributed by atoms with Crippen molar-refractivity contribution in [2.75, 3.05) is 13.1 Å². The molecular formula is C16H17ClF3NO2. The molecule has 1 saturated carbocycles. The molecule has 1 aromatic rings. The van der Waals surface area contributed by atoms with Crippen LogP contribution in [0.1, 0.15) is 41.6 Å². The maximum Gasteiger partial charge on any atom is 0.416 e. The second kappa shape index (κ2) is 5.67. The lowest BCUT2D eigenvalue weighted by Gasteiger charge is -2.35. The predicted octanol–water partition coefficient (Wildman–Crippen LogP) is 3.74. The Labute approximate surface area is 137 Å². The highest BCUT2D eigenvalue weighted by atomic mass is 35.5. The van der Waals surface area contributed by atoms with Crippen LogP contribution in [0.2, 0.25) is 5.02 Å². The van der Waals surface area contributed by atoms with Gasteiger partial charge in [0.25, 0.3) is 5.91 Å². The number of hydrogen-bond donors (Lipinski definition) is 1. The summed E-state index contributed by atoms with van der Waals surface area (Å²) in [6, 6.07) is 2.78. The van der Waals surface area contributed by atoms with E-state index in [1.165, 1.54) is 4.90 Å². The van der Waals surface area contributed by atoms with Crippen LogP contribution in [0, 0.1) is 5.92 Å². The highest BCUT2D eigenvalue weighted by Gasteiger charge is 2.49. The van der Waals surface area contributed by atoms with Crippen LogP contribution < -0.4 is 0 Å². The van der Waals surface area contributed by atoms with Gasteiger partial charge in [0.2, 0.25) is 0 Å². The first-order valence-corrected chi connectivity index (χ1v) is 7.97. The summed E-state index contributed by atoms with van der Waals surface area (Å²) in [7, 11) is 0. The average molecular weight is 348 g/mol. The smallest absolute Gasteiger partial charge is 0.390 e. The Balaban J connectivity index is 1.82. The molecule has 1 aliphatic heterocycles. The highest BCUT2D eigenvalue weighted by molar-refractivity contribution is 6.33. The third kappa shape index (κ3) is 3.33. The summed E-state index contributed by atoms with van der Waals surface area (Å²) in [4.78, 5) is 14.1. The van der Waals surface area contributed by atoms with Crippen molar-refractivity contribution < 1.29 is 23.1 Å². The van der Waals surface area contributed by atoms with Crippen molar-refractivity contribution in [2.24, 2.45) is 5.92 Å². The fraction of sp³-hybridized carbons (Fsp3) is 0.562. The molecule has 1 aliphatic carbocycles. The molecule has 1 atom stereocenters. The summed E-state index contributed by atoms with van der Waals surface area (Å²) in [6.07, 6.45) is -1.51. The Bertz CT molecular complexity index is 628. The van der Waals surface area contributed by atoms with Crippen LogP contribution in [0.3, 0.4) is 0 Å². The van der Waals surface area contributed by atoms with Gasteiger partial charge in [0.15, 0.2) is 0 Å². The summed E-state index contributed by atoms with van der Waals surface area (Å²) >= 11 is 5.93. The first kappa shape index (κ1) is 16.6. The van der Waals surface area contributed by atoms with Gasteiger partial charge in [-0.15, -0.1) is 0 Å². The Kier molecular flexibility index (Phi) is 4.09. The first-order valence-electron chi connectivity index (χ1n) is 7.59. The van der Waals surface area contributed by atoms with Gasteiger partial charge in [0.05, 0.1) is 21.8 Å². The number of carbonyl (C=O) groups is 1. The molecule has 126 valence electrons. The molecule has 1 amide bonds. The summed E-state index contributed by atoms with van der Waals surface area (Å²) in [5.74, 6) is -0.514. The maximum absolute atomic E-state index is 12.8. The number of rotatable bonds is 2. The SMILES string of the molecule is O=C(c1cc(C(F)(F)F)ccc1Cl)N1CCCC(C2(O)CC2)C1. The predicted molar refractivity (Wildman–Crippen MR) is 79.3 cm³/mol. The Morgan fingerprint density at radius 2 is 2.04 bits per heavy atom. The van der Waals surface area contributed by atoms with Crippen molar-refractivity contribution in [1.82, 2.24) is 4.90 Å². The molecule has 2 aliphatic rings. The van der Waals surface area contributed by atoms with Crippen molar-refractivity contribution in [2.45, 2.75) is 37.5 Å². The molecule has 0 radical (unpaired) electrons. The number of benzene rings is 1. The molecule has 1 N–H and O–H groups in total. The summed E-state index contributed by atoms with van der Waals surface area (Å²) in [6.45, 7) is 0.833. The molecule has 3 nitrogen and oxygen atoms in total. The molecule has 7 heteroatoms. The van der Waals surface area contributed by atoms with Gasteiger partial charge in [-0.25, -0.2) is 0 Å². The van der Waals surface area contributed by atoms with E-state index < -0.39 is 23.2 Å². The van der Waals surface area contributed by atoms with Gasteiger partial charge in [0, 0.05) is 19.0 Å². The van der Waals surface area contributed by atoms with Crippen LogP contribution >= 0.6 is 11.6 Å². The fourth-order valence-corrected chi connectivity index (χ4v) is 3.37. The Hall–Kier alpha value is -1.27. The molecule has 1 heterocycles. The van der Waals surface area contributed by atoms with Crippen LogP contribution in [0.5, 0.6) is 0 Å². The normalized spacial score (nSPS) is 23.7. The van der Waals surface area contributed by atoms with Crippen LogP contribution in [0.25, 0.3) is 0 Å². The van der Waals surface area contributed by atoms with Crippen molar-refractivity contribution in [3.8, 4) is 0 Å². The lowest BCUT2D eigenvalue weighted by atomic mass is 9.90. The van der Waals surface area contributed by atoms with Gasteiger partial charge in [0.1, 0.15) is 0 Å². The number of aliphatic hydroxyl groups is 1. The minimum Gasteiger partial charge on any atom is -0.390 e. The average Bonchev–Trinajstić information content (AvgIpc) is 3.25. The van der Waals surface area contributed by atoms with E-state index in [2.05, 4.69) is 0 Å². The van der Waals surface area contributed by atoms with E-state index in [1.54, 1.807) is 0 Å². The van der Waals surface area contributed by atoms with Crippen LogP contribution in [-0.2, 0) is 6.18 Å². The van der Waals surface area contributed by atoms with Gasteiger partial charge in [-0.1, -0.05) is 11.6 Å².